The lowest BCUT2D eigenvalue weighted by Gasteiger charge is -2.35. The van der Waals surface area contributed by atoms with Crippen LogP contribution in [0.5, 0.6) is 5.75 Å². The van der Waals surface area contributed by atoms with Crippen LogP contribution in [0.25, 0.3) is 0 Å². The van der Waals surface area contributed by atoms with Crippen molar-refractivity contribution >= 4 is 28.3 Å². The Morgan fingerprint density at radius 1 is 1.22 bits per heavy atom. The predicted octanol–water partition coefficient (Wildman–Crippen LogP) is 0.328. The molecule has 2 saturated heterocycles. The molecule has 2 aliphatic heterocycles. The predicted molar refractivity (Wildman–Crippen MR) is 103 cm³/mol. The summed E-state index contributed by atoms with van der Waals surface area (Å²) in [6, 6.07) is 6.39. The van der Waals surface area contributed by atoms with E-state index in [0.29, 0.717) is 51.6 Å². The number of benzene rings is 1. The van der Waals surface area contributed by atoms with Crippen molar-refractivity contribution < 1.29 is 22.7 Å². The minimum absolute atomic E-state index is 0. The first-order chi connectivity index (χ1) is 12.5. The molecule has 0 aromatic heterocycles. The molecule has 0 bridgehead atoms. The van der Waals surface area contributed by atoms with Crippen molar-refractivity contribution in [1.29, 1.82) is 0 Å². The lowest BCUT2D eigenvalue weighted by molar-refractivity contribution is -0.133. The van der Waals surface area contributed by atoms with Crippen molar-refractivity contribution in [3.8, 4) is 5.75 Å². The van der Waals surface area contributed by atoms with Crippen molar-refractivity contribution in [2.75, 3.05) is 53.0 Å². The molecule has 2 aliphatic rings. The second-order valence-electron chi connectivity index (χ2n) is 6.39. The molecule has 1 aromatic carbocycles. The fraction of sp³-hybridized carbons (Fsp3) is 0.588. The number of halogens is 1. The van der Waals surface area contributed by atoms with Gasteiger partial charge in [0, 0.05) is 45.2 Å². The molecule has 1 aromatic rings. The molecule has 2 fully saturated rings. The minimum atomic E-state index is -3.56. The van der Waals surface area contributed by atoms with Crippen LogP contribution in [0.1, 0.15) is 6.42 Å². The van der Waals surface area contributed by atoms with E-state index >= 15 is 0 Å². The van der Waals surface area contributed by atoms with Gasteiger partial charge in [-0.25, -0.2) is 8.42 Å². The zero-order valence-corrected chi connectivity index (χ0v) is 16.9. The molecule has 1 amide bonds. The number of hydrogen-bond acceptors (Lipinski definition) is 6. The molecule has 10 heteroatoms. The van der Waals surface area contributed by atoms with Crippen molar-refractivity contribution in [2.24, 2.45) is 0 Å². The zero-order chi connectivity index (χ0) is 18.6. The fourth-order valence-corrected chi connectivity index (χ4v) is 4.59. The highest BCUT2D eigenvalue weighted by Crippen LogP contribution is 2.21. The van der Waals surface area contributed by atoms with Gasteiger partial charge in [-0.1, -0.05) is 0 Å². The van der Waals surface area contributed by atoms with E-state index in [0.717, 1.165) is 6.54 Å². The number of amides is 1. The maximum atomic E-state index is 12.7. The van der Waals surface area contributed by atoms with Gasteiger partial charge in [0.25, 0.3) is 0 Å². The number of piperazine rings is 1. The Bertz CT molecular complexity index is 715. The van der Waals surface area contributed by atoms with Crippen LogP contribution in [0, 0.1) is 0 Å². The molecule has 0 aliphatic carbocycles. The summed E-state index contributed by atoms with van der Waals surface area (Å²) in [6.07, 6.45) is 0.380. The first-order valence-electron chi connectivity index (χ1n) is 8.74. The maximum Gasteiger partial charge on any atom is 0.243 e. The Labute approximate surface area is 166 Å². The first kappa shape index (κ1) is 21.9. The van der Waals surface area contributed by atoms with Gasteiger partial charge >= 0.3 is 0 Å². The Balaban J connectivity index is 0.00000261. The molecule has 0 spiro atoms. The smallest absolute Gasteiger partial charge is 0.243 e. The molecule has 3 rings (SSSR count). The van der Waals surface area contributed by atoms with Crippen LogP contribution in [0.4, 0.5) is 0 Å². The first-order valence-corrected chi connectivity index (χ1v) is 10.2. The third kappa shape index (κ3) is 5.32. The number of ether oxygens (including phenoxy) is 2. The fourth-order valence-electron chi connectivity index (χ4n) is 3.17. The van der Waals surface area contributed by atoms with E-state index in [1.165, 1.54) is 11.4 Å². The number of rotatable bonds is 5. The van der Waals surface area contributed by atoms with Crippen LogP contribution in [0.15, 0.2) is 29.2 Å². The van der Waals surface area contributed by atoms with E-state index in [1.54, 1.807) is 29.2 Å². The van der Waals surface area contributed by atoms with Gasteiger partial charge in [-0.05, 0) is 24.3 Å². The van der Waals surface area contributed by atoms with Crippen molar-refractivity contribution in [3.05, 3.63) is 24.3 Å². The number of carbonyl (C=O) groups is 1. The molecule has 8 nitrogen and oxygen atoms in total. The molecule has 2 heterocycles. The number of methoxy groups -OCH3 is 1. The summed E-state index contributed by atoms with van der Waals surface area (Å²) in [4.78, 5) is 14.4. The second-order valence-corrected chi connectivity index (χ2v) is 8.33. The van der Waals surface area contributed by atoms with Crippen LogP contribution in [0.2, 0.25) is 0 Å². The summed E-state index contributed by atoms with van der Waals surface area (Å²) in [5.74, 6) is 0.647. The van der Waals surface area contributed by atoms with Gasteiger partial charge in [-0.3, -0.25) is 4.79 Å². The van der Waals surface area contributed by atoms with Crippen LogP contribution in [-0.4, -0.2) is 82.6 Å². The average molecular weight is 420 g/mol. The lowest BCUT2D eigenvalue weighted by atomic mass is 10.1. The average Bonchev–Trinajstić information content (AvgIpc) is 2.69. The highest BCUT2D eigenvalue weighted by Gasteiger charge is 2.31. The van der Waals surface area contributed by atoms with Crippen LogP contribution in [0.3, 0.4) is 0 Å². The summed E-state index contributed by atoms with van der Waals surface area (Å²) < 4.78 is 37.3. The maximum absolute atomic E-state index is 12.7. The molecule has 152 valence electrons. The van der Waals surface area contributed by atoms with Crippen LogP contribution < -0.4 is 10.1 Å². The molecule has 27 heavy (non-hydrogen) atoms. The van der Waals surface area contributed by atoms with E-state index in [2.05, 4.69) is 5.32 Å². The number of morpholine rings is 1. The Kier molecular flexibility index (Phi) is 7.87. The second kappa shape index (κ2) is 9.70. The minimum Gasteiger partial charge on any atom is -0.497 e. The summed E-state index contributed by atoms with van der Waals surface area (Å²) in [5, 5.41) is 3.26. The lowest BCUT2D eigenvalue weighted by Crippen LogP contribution is -2.52. The number of nitrogens with zero attached hydrogens (tertiary/aromatic N) is 2. The van der Waals surface area contributed by atoms with Gasteiger partial charge in [-0.2, -0.15) is 4.31 Å². The highest BCUT2D eigenvalue weighted by molar-refractivity contribution is 7.89. The van der Waals surface area contributed by atoms with Gasteiger partial charge in [0.1, 0.15) is 5.75 Å². The van der Waals surface area contributed by atoms with Gasteiger partial charge in [-0.15, -0.1) is 12.4 Å². The quantitative estimate of drug-likeness (QED) is 0.739. The van der Waals surface area contributed by atoms with E-state index in [4.69, 9.17) is 9.47 Å². The van der Waals surface area contributed by atoms with Crippen molar-refractivity contribution in [1.82, 2.24) is 14.5 Å². The number of sulfonamides is 1. The van der Waals surface area contributed by atoms with Gasteiger partial charge in [0.05, 0.1) is 25.2 Å². The van der Waals surface area contributed by atoms with Gasteiger partial charge in [0.2, 0.25) is 15.9 Å². The van der Waals surface area contributed by atoms with Crippen molar-refractivity contribution in [3.63, 3.8) is 0 Å². The van der Waals surface area contributed by atoms with E-state index < -0.39 is 10.0 Å². The summed E-state index contributed by atoms with van der Waals surface area (Å²) >= 11 is 0. The molecule has 0 saturated carbocycles. The molecular formula is C17H26ClN3O5S. The highest BCUT2D eigenvalue weighted by atomic mass is 35.5. The van der Waals surface area contributed by atoms with E-state index in [-0.39, 0.29) is 29.3 Å². The molecule has 0 radical (unpaired) electrons. The van der Waals surface area contributed by atoms with Crippen LogP contribution in [-0.2, 0) is 19.6 Å². The standard InChI is InChI=1S/C17H25N3O5S.ClH/c1-24-15-2-4-16(5-3-15)26(22,23)20-9-7-19(8-10-20)17(21)12-14-13-25-11-6-18-14;/h2-5,14,18H,6-13H2,1H3;1H. The summed E-state index contributed by atoms with van der Waals surface area (Å²) in [6.45, 7) is 3.38. The topological polar surface area (TPSA) is 88.2 Å². The zero-order valence-electron chi connectivity index (χ0n) is 15.3. The van der Waals surface area contributed by atoms with E-state index in [1.807, 2.05) is 0 Å². The third-order valence-electron chi connectivity index (χ3n) is 4.71. The van der Waals surface area contributed by atoms with E-state index in [9.17, 15) is 13.2 Å². The summed E-state index contributed by atoms with van der Waals surface area (Å²) in [5.41, 5.74) is 0. The van der Waals surface area contributed by atoms with Gasteiger partial charge < -0.3 is 19.7 Å². The molecular weight excluding hydrogens is 394 g/mol. The number of nitrogens with one attached hydrogen (secondary N) is 1. The Morgan fingerprint density at radius 2 is 1.89 bits per heavy atom. The SMILES string of the molecule is COc1ccc(S(=O)(=O)N2CCN(C(=O)CC3COCCN3)CC2)cc1.Cl. The largest absolute Gasteiger partial charge is 0.497 e. The third-order valence-corrected chi connectivity index (χ3v) is 6.62. The summed E-state index contributed by atoms with van der Waals surface area (Å²) in [7, 11) is -2.02. The Hall–Kier alpha value is -1.39. The molecule has 1 N–H and O–H groups in total. The number of hydrogen-bond donors (Lipinski definition) is 1. The van der Waals surface area contributed by atoms with Crippen LogP contribution >= 0.6 is 12.4 Å². The van der Waals surface area contributed by atoms with Crippen molar-refractivity contribution in [2.45, 2.75) is 17.4 Å². The molecule has 1 unspecified atom stereocenters. The Morgan fingerprint density at radius 3 is 2.44 bits per heavy atom. The number of carbonyl (C=O) groups excluding carboxylic acids is 1. The normalized spacial score (nSPS) is 21.4. The monoisotopic (exact) mass is 419 g/mol. The van der Waals surface area contributed by atoms with Gasteiger partial charge in [0.15, 0.2) is 0 Å². The molecule has 1 atom stereocenters.